The third kappa shape index (κ3) is 5.02. The predicted molar refractivity (Wildman–Crippen MR) is 128 cm³/mol. The summed E-state index contributed by atoms with van der Waals surface area (Å²) in [5, 5.41) is 7.53. The van der Waals surface area contributed by atoms with E-state index in [2.05, 4.69) is 15.6 Å². The van der Waals surface area contributed by atoms with Crippen molar-refractivity contribution in [3.05, 3.63) is 41.3 Å². The standard InChI is InChI=1S/C22H27N5O3S2/c1-27(2)20-16-6-4-5-7-17(16)25-22(26-20)24-15-10-8-14(9-11-15)23-21(28)18-12-13-19(31-18)32(3,29)30/h4-7,12-15H,8-11H2,1-3H3,(H,23,28)(H,24,25,26)/t14-,15+. The number of benzene rings is 1. The lowest BCUT2D eigenvalue weighted by Crippen LogP contribution is -2.40. The Kier molecular flexibility index (Phi) is 6.34. The summed E-state index contributed by atoms with van der Waals surface area (Å²) >= 11 is 1.01. The molecule has 4 rings (SSSR count). The van der Waals surface area contributed by atoms with Crippen molar-refractivity contribution >= 4 is 49.8 Å². The van der Waals surface area contributed by atoms with Crippen molar-refractivity contribution in [2.45, 2.75) is 42.0 Å². The second-order valence-corrected chi connectivity index (χ2v) is 11.7. The number of rotatable bonds is 6. The number of hydrogen-bond donors (Lipinski definition) is 2. The molecule has 2 N–H and O–H groups in total. The van der Waals surface area contributed by atoms with Crippen LogP contribution >= 0.6 is 11.3 Å². The van der Waals surface area contributed by atoms with Crippen molar-refractivity contribution in [1.82, 2.24) is 15.3 Å². The number of thiophene rings is 1. The Morgan fingerprint density at radius 1 is 1.03 bits per heavy atom. The van der Waals surface area contributed by atoms with Gasteiger partial charge in [-0.3, -0.25) is 4.79 Å². The van der Waals surface area contributed by atoms with Crippen LogP contribution in [0.15, 0.2) is 40.6 Å². The van der Waals surface area contributed by atoms with Gasteiger partial charge in [0.15, 0.2) is 9.84 Å². The summed E-state index contributed by atoms with van der Waals surface area (Å²) in [7, 11) is 0.650. The van der Waals surface area contributed by atoms with Crippen LogP contribution in [-0.2, 0) is 9.84 Å². The lowest BCUT2D eigenvalue weighted by Gasteiger charge is -2.29. The first-order chi connectivity index (χ1) is 15.2. The molecule has 1 fully saturated rings. The number of nitrogens with zero attached hydrogens (tertiary/aromatic N) is 3. The third-order valence-corrected chi connectivity index (χ3v) is 8.48. The van der Waals surface area contributed by atoms with Gasteiger partial charge < -0.3 is 15.5 Å². The smallest absolute Gasteiger partial charge is 0.261 e. The predicted octanol–water partition coefficient (Wildman–Crippen LogP) is 3.31. The fraction of sp³-hybridized carbons (Fsp3) is 0.409. The maximum absolute atomic E-state index is 12.5. The summed E-state index contributed by atoms with van der Waals surface area (Å²) in [6, 6.07) is 11.3. The van der Waals surface area contributed by atoms with E-state index in [4.69, 9.17) is 4.98 Å². The van der Waals surface area contributed by atoms with Crippen LogP contribution in [-0.4, -0.2) is 56.7 Å². The Balaban J connectivity index is 1.36. The maximum atomic E-state index is 12.5. The number of fused-ring (bicyclic) bond motifs is 1. The van der Waals surface area contributed by atoms with Crippen LogP contribution in [0.25, 0.3) is 10.9 Å². The number of nitrogens with one attached hydrogen (secondary N) is 2. The molecule has 170 valence electrons. The lowest BCUT2D eigenvalue weighted by molar-refractivity contribution is 0.0930. The van der Waals surface area contributed by atoms with E-state index in [1.54, 1.807) is 6.07 Å². The highest BCUT2D eigenvalue weighted by atomic mass is 32.2. The molecular formula is C22H27N5O3S2. The van der Waals surface area contributed by atoms with Crippen LogP contribution in [0.4, 0.5) is 11.8 Å². The normalized spacial score (nSPS) is 19.0. The molecule has 2 heterocycles. The number of sulfone groups is 1. The minimum Gasteiger partial charge on any atom is -0.362 e. The summed E-state index contributed by atoms with van der Waals surface area (Å²) in [6.07, 6.45) is 4.59. The van der Waals surface area contributed by atoms with E-state index < -0.39 is 9.84 Å². The number of aromatic nitrogens is 2. The number of carbonyl (C=O) groups excluding carboxylic acids is 1. The van der Waals surface area contributed by atoms with Gasteiger partial charge in [0.25, 0.3) is 5.91 Å². The van der Waals surface area contributed by atoms with Gasteiger partial charge in [-0.2, -0.15) is 4.98 Å². The third-order valence-electron chi connectivity index (χ3n) is 5.57. The summed E-state index contributed by atoms with van der Waals surface area (Å²) in [5.74, 6) is 1.28. The molecule has 0 bridgehead atoms. The highest BCUT2D eigenvalue weighted by Crippen LogP contribution is 2.27. The minimum atomic E-state index is -3.29. The van der Waals surface area contributed by atoms with Crippen molar-refractivity contribution in [2.75, 3.05) is 30.6 Å². The molecule has 0 radical (unpaired) electrons. The van der Waals surface area contributed by atoms with Crippen LogP contribution in [0.3, 0.4) is 0 Å². The average molecular weight is 474 g/mol. The van der Waals surface area contributed by atoms with E-state index in [9.17, 15) is 13.2 Å². The van der Waals surface area contributed by atoms with E-state index in [1.165, 1.54) is 6.07 Å². The second-order valence-electron chi connectivity index (χ2n) is 8.34. The molecule has 0 unspecified atom stereocenters. The Bertz CT molecular complexity index is 1230. The largest absolute Gasteiger partial charge is 0.362 e. The molecule has 3 aromatic rings. The molecule has 1 aliphatic rings. The topological polar surface area (TPSA) is 104 Å². The fourth-order valence-electron chi connectivity index (χ4n) is 3.93. The van der Waals surface area contributed by atoms with Crippen molar-refractivity contribution in [3.63, 3.8) is 0 Å². The van der Waals surface area contributed by atoms with Crippen molar-refractivity contribution in [3.8, 4) is 0 Å². The van der Waals surface area contributed by atoms with Gasteiger partial charge in [0.1, 0.15) is 10.0 Å². The SMILES string of the molecule is CN(C)c1nc(N[C@H]2CC[C@@H](NC(=O)c3ccc(S(C)(=O)=O)s3)CC2)nc2ccccc12. The number of hydrogen-bond acceptors (Lipinski definition) is 8. The zero-order valence-electron chi connectivity index (χ0n) is 18.3. The van der Waals surface area contributed by atoms with Crippen LogP contribution in [0.1, 0.15) is 35.4 Å². The van der Waals surface area contributed by atoms with E-state index in [0.717, 1.165) is 60.0 Å². The van der Waals surface area contributed by atoms with Crippen LogP contribution in [0.5, 0.6) is 0 Å². The molecule has 32 heavy (non-hydrogen) atoms. The van der Waals surface area contributed by atoms with E-state index in [1.807, 2.05) is 43.3 Å². The monoisotopic (exact) mass is 473 g/mol. The molecule has 2 aromatic heterocycles. The first-order valence-corrected chi connectivity index (χ1v) is 13.2. The Hall–Kier alpha value is -2.72. The van der Waals surface area contributed by atoms with Crippen LogP contribution in [0.2, 0.25) is 0 Å². The van der Waals surface area contributed by atoms with Crippen molar-refractivity contribution < 1.29 is 13.2 Å². The fourth-order valence-corrected chi connectivity index (χ4v) is 5.76. The molecule has 0 saturated heterocycles. The average Bonchev–Trinajstić information content (AvgIpc) is 3.26. The number of carbonyl (C=O) groups is 1. The van der Waals surface area contributed by atoms with Crippen molar-refractivity contribution in [2.24, 2.45) is 0 Å². The molecule has 1 amide bonds. The zero-order chi connectivity index (χ0) is 22.9. The Morgan fingerprint density at radius 2 is 1.72 bits per heavy atom. The van der Waals surface area contributed by atoms with E-state index in [-0.39, 0.29) is 22.2 Å². The molecule has 10 heteroatoms. The van der Waals surface area contributed by atoms with Gasteiger partial charge in [0.2, 0.25) is 5.95 Å². The summed E-state index contributed by atoms with van der Waals surface area (Å²) < 4.78 is 23.5. The number of para-hydroxylation sites is 1. The highest BCUT2D eigenvalue weighted by Gasteiger charge is 2.24. The van der Waals surface area contributed by atoms with Gasteiger partial charge in [0.05, 0.1) is 10.4 Å². The molecule has 0 atom stereocenters. The van der Waals surface area contributed by atoms with Crippen molar-refractivity contribution in [1.29, 1.82) is 0 Å². The molecule has 0 spiro atoms. The first-order valence-electron chi connectivity index (χ1n) is 10.5. The molecule has 1 aliphatic carbocycles. The second kappa shape index (κ2) is 9.03. The maximum Gasteiger partial charge on any atom is 0.261 e. The lowest BCUT2D eigenvalue weighted by atomic mass is 9.91. The molecule has 1 saturated carbocycles. The summed E-state index contributed by atoms with van der Waals surface area (Å²) in [5.41, 5.74) is 0.902. The van der Waals surface area contributed by atoms with Gasteiger partial charge in [-0.05, 0) is 49.9 Å². The minimum absolute atomic E-state index is 0.0687. The van der Waals surface area contributed by atoms with Gasteiger partial charge in [-0.15, -0.1) is 11.3 Å². The summed E-state index contributed by atoms with van der Waals surface area (Å²) in [6.45, 7) is 0. The number of anilines is 2. The quantitative estimate of drug-likeness (QED) is 0.566. The Labute approximate surface area is 192 Å². The van der Waals surface area contributed by atoms with Crippen LogP contribution in [0, 0.1) is 0 Å². The Morgan fingerprint density at radius 3 is 2.38 bits per heavy atom. The van der Waals surface area contributed by atoms with Gasteiger partial charge in [-0.1, -0.05) is 12.1 Å². The highest BCUT2D eigenvalue weighted by molar-refractivity contribution is 7.92. The molecule has 0 aliphatic heterocycles. The zero-order valence-corrected chi connectivity index (χ0v) is 20.0. The molecule has 8 nitrogen and oxygen atoms in total. The van der Waals surface area contributed by atoms with E-state index in [0.29, 0.717) is 10.8 Å². The van der Waals surface area contributed by atoms with Gasteiger partial charge in [0, 0.05) is 37.8 Å². The summed E-state index contributed by atoms with van der Waals surface area (Å²) in [4.78, 5) is 24.3. The van der Waals surface area contributed by atoms with Crippen LogP contribution < -0.4 is 15.5 Å². The number of amides is 1. The molecular weight excluding hydrogens is 446 g/mol. The van der Waals surface area contributed by atoms with E-state index >= 15 is 0 Å². The first kappa shape index (κ1) is 22.5. The molecule has 1 aromatic carbocycles. The van der Waals surface area contributed by atoms with Gasteiger partial charge >= 0.3 is 0 Å². The van der Waals surface area contributed by atoms with Gasteiger partial charge in [-0.25, -0.2) is 13.4 Å².